The molecule has 1 aromatic carbocycles. The summed E-state index contributed by atoms with van der Waals surface area (Å²) in [6, 6.07) is 9.67. The summed E-state index contributed by atoms with van der Waals surface area (Å²) in [5.41, 5.74) is 2.87. The molecule has 1 aliphatic rings. The van der Waals surface area contributed by atoms with Crippen molar-refractivity contribution in [3.63, 3.8) is 0 Å². The molecule has 2 rings (SSSR count). The zero-order chi connectivity index (χ0) is 14.2. The van der Waals surface area contributed by atoms with Gasteiger partial charge in [-0.1, -0.05) is 75.3 Å². The normalized spacial score (nSPS) is 18.7. The van der Waals surface area contributed by atoms with Crippen LogP contribution in [0.25, 0.3) is 0 Å². The van der Waals surface area contributed by atoms with Crippen LogP contribution in [0.5, 0.6) is 0 Å². The molecule has 0 aromatic heterocycles. The lowest BCUT2D eigenvalue weighted by Gasteiger charge is -2.23. The summed E-state index contributed by atoms with van der Waals surface area (Å²) in [5, 5.41) is 3.72. The second-order valence-electron chi connectivity index (χ2n) is 6.54. The molecule has 1 aliphatic carbocycles. The topological polar surface area (TPSA) is 12.0 Å². The zero-order valence-corrected chi connectivity index (χ0v) is 13.3. The Bertz CT molecular complexity index is 377. The number of hydrogen-bond acceptors (Lipinski definition) is 1. The van der Waals surface area contributed by atoms with Crippen molar-refractivity contribution in [2.45, 2.75) is 71.3 Å². The number of aryl methyl sites for hydroxylation is 1. The van der Waals surface area contributed by atoms with Crippen LogP contribution < -0.4 is 5.32 Å². The van der Waals surface area contributed by atoms with Crippen LogP contribution in [0.4, 0.5) is 0 Å². The van der Waals surface area contributed by atoms with Gasteiger partial charge in [-0.3, -0.25) is 0 Å². The monoisotopic (exact) mass is 273 g/mol. The second kappa shape index (κ2) is 8.46. The summed E-state index contributed by atoms with van der Waals surface area (Å²) in [4.78, 5) is 0. The molecule has 1 nitrogen and oxygen atoms in total. The van der Waals surface area contributed by atoms with Crippen LogP contribution in [-0.2, 0) is 6.42 Å². The highest BCUT2D eigenvalue weighted by Crippen LogP contribution is 2.27. The summed E-state index contributed by atoms with van der Waals surface area (Å²) in [6.45, 7) is 5.51. The summed E-state index contributed by atoms with van der Waals surface area (Å²) in [7, 11) is 0. The Morgan fingerprint density at radius 1 is 1.15 bits per heavy atom. The standard InChI is InChI=1S/C19H31N/c1-3-20-19(14-17-10-6-4-5-7-11-17)15-18-12-8-9-16(2)13-18/h8-9,12-13,17,19-20H,3-7,10-11,14-15H2,1-2H3. The summed E-state index contributed by atoms with van der Waals surface area (Å²) in [5.74, 6) is 0.950. The molecule has 0 aliphatic heterocycles. The maximum absolute atomic E-state index is 3.72. The van der Waals surface area contributed by atoms with Gasteiger partial charge in [-0.05, 0) is 37.8 Å². The van der Waals surface area contributed by atoms with E-state index in [1.807, 2.05) is 0 Å². The molecule has 1 N–H and O–H groups in total. The predicted octanol–water partition coefficient (Wildman–Crippen LogP) is 4.88. The molecule has 112 valence electrons. The minimum atomic E-state index is 0.657. The highest BCUT2D eigenvalue weighted by Gasteiger charge is 2.18. The van der Waals surface area contributed by atoms with Gasteiger partial charge in [-0.15, -0.1) is 0 Å². The number of hydrogen-bond donors (Lipinski definition) is 1. The fraction of sp³-hybridized carbons (Fsp3) is 0.684. The van der Waals surface area contributed by atoms with E-state index in [9.17, 15) is 0 Å². The minimum Gasteiger partial charge on any atom is -0.314 e. The maximum Gasteiger partial charge on any atom is 0.0110 e. The third kappa shape index (κ3) is 5.28. The average molecular weight is 273 g/mol. The van der Waals surface area contributed by atoms with E-state index in [0.29, 0.717) is 6.04 Å². The van der Waals surface area contributed by atoms with Crippen molar-refractivity contribution < 1.29 is 0 Å². The average Bonchev–Trinajstić information content (AvgIpc) is 2.68. The summed E-state index contributed by atoms with van der Waals surface area (Å²) < 4.78 is 0. The Morgan fingerprint density at radius 3 is 2.55 bits per heavy atom. The molecule has 0 bridgehead atoms. The van der Waals surface area contributed by atoms with Gasteiger partial charge >= 0.3 is 0 Å². The third-order valence-corrected chi connectivity index (χ3v) is 4.65. The van der Waals surface area contributed by atoms with Gasteiger partial charge in [0.05, 0.1) is 0 Å². The highest BCUT2D eigenvalue weighted by molar-refractivity contribution is 5.23. The van der Waals surface area contributed by atoms with Crippen molar-refractivity contribution in [2.75, 3.05) is 6.54 Å². The van der Waals surface area contributed by atoms with Crippen molar-refractivity contribution in [3.05, 3.63) is 35.4 Å². The minimum absolute atomic E-state index is 0.657. The molecule has 0 radical (unpaired) electrons. The van der Waals surface area contributed by atoms with E-state index in [4.69, 9.17) is 0 Å². The van der Waals surface area contributed by atoms with Crippen molar-refractivity contribution in [2.24, 2.45) is 5.92 Å². The molecule has 0 amide bonds. The lowest BCUT2D eigenvalue weighted by atomic mass is 9.89. The van der Waals surface area contributed by atoms with Crippen LogP contribution in [-0.4, -0.2) is 12.6 Å². The van der Waals surface area contributed by atoms with Gasteiger partial charge in [0.25, 0.3) is 0 Å². The van der Waals surface area contributed by atoms with Crippen LogP contribution in [0.15, 0.2) is 24.3 Å². The molecule has 1 unspecified atom stereocenters. The molecule has 0 spiro atoms. The first-order valence-electron chi connectivity index (χ1n) is 8.57. The maximum atomic E-state index is 3.72. The fourth-order valence-corrected chi connectivity index (χ4v) is 3.65. The summed E-state index contributed by atoms with van der Waals surface area (Å²) in [6.07, 6.45) is 11.3. The van der Waals surface area contributed by atoms with E-state index in [2.05, 4.69) is 43.4 Å². The smallest absolute Gasteiger partial charge is 0.0110 e. The van der Waals surface area contributed by atoms with Crippen molar-refractivity contribution >= 4 is 0 Å². The van der Waals surface area contributed by atoms with E-state index in [0.717, 1.165) is 12.5 Å². The Morgan fingerprint density at radius 2 is 1.90 bits per heavy atom. The third-order valence-electron chi connectivity index (χ3n) is 4.65. The Balaban J connectivity index is 1.91. The Labute approximate surface area is 125 Å². The van der Waals surface area contributed by atoms with Gasteiger partial charge in [-0.2, -0.15) is 0 Å². The van der Waals surface area contributed by atoms with E-state index >= 15 is 0 Å². The number of likely N-dealkylation sites (N-methyl/N-ethyl adjacent to an activating group) is 1. The molecule has 0 saturated heterocycles. The van der Waals surface area contributed by atoms with E-state index in [1.165, 1.54) is 62.5 Å². The van der Waals surface area contributed by atoms with Gasteiger partial charge in [0.2, 0.25) is 0 Å². The van der Waals surface area contributed by atoms with Crippen molar-refractivity contribution in [3.8, 4) is 0 Å². The molecular weight excluding hydrogens is 242 g/mol. The van der Waals surface area contributed by atoms with Crippen LogP contribution in [0.1, 0.15) is 63.0 Å². The first-order chi connectivity index (χ1) is 9.78. The zero-order valence-electron chi connectivity index (χ0n) is 13.3. The lowest BCUT2D eigenvalue weighted by Crippen LogP contribution is -2.33. The molecule has 1 heteroatoms. The fourth-order valence-electron chi connectivity index (χ4n) is 3.65. The first-order valence-corrected chi connectivity index (χ1v) is 8.57. The quantitative estimate of drug-likeness (QED) is 0.729. The largest absolute Gasteiger partial charge is 0.314 e. The van der Waals surface area contributed by atoms with Gasteiger partial charge in [0.1, 0.15) is 0 Å². The molecular formula is C19H31N. The van der Waals surface area contributed by atoms with Crippen LogP contribution >= 0.6 is 0 Å². The first kappa shape index (κ1) is 15.6. The molecule has 20 heavy (non-hydrogen) atoms. The Kier molecular flexibility index (Phi) is 6.59. The van der Waals surface area contributed by atoms with E-state index < -0.39 is 0 Å². The lowest BCUT2D eigenvalue weighted by molar-refractivity contribution is 0.353. The van der Waals surface area contributed by atoms with Gasteiger partial charge < -0.3 is 5.32 Å². The molecule has 0 heterocycles. The van der Waals surface area contributed by atoms with E-state index in [-0.39, 0.29) is 0 Å². The molecule has 1 atom stereocenters. The van der Waals surface area contributed by atoms with Crippen LogP contribution in [0.3, 0.4) is 0 Å². The molecule has 1 fully saturated rings. The molecule has 1 aromatic rings. The second-order valence-corrected chi connectivity index (χ2v) is 6.54. The Hall–Kier alpha value is -0.820. The van der Waals surface area contributed by atoms with Crippen molar-refractivity contribution in [1.29, 1.82) is 0 Å². The molecule has 1 saturated carbocycles. The van der Waals surface area contributed by atoms with Gasteiger partial charge in [0, 0.05) is 6.04 Å². The van der Waals surface area contributed by atoms with Crippen LogP contribution in [0.2, 0.25) is 0 Å². The predicted molar refractivity (Wildman–Crippen MR) is 88.2 cm³/mol. The number of nitrogens with one attached hydrogen (secondary N) is 1. The van der Waals surface area contributed by atoms with Gasteiger partial charge in [0.15, 0.2) is 0 Å². The van der Waals surface area contributed by atoms with Crippen LogP contribution in [0, 0.1) is 12.8 Å². The number of benzene rings is 1. The highest BCUT2D eigenvalue weighted by atomic mass is 14.9. The van der Waals surface area contributed by atoms with Crippen molar-refractivity contribution in [1.82, 2.24) is 5.32 Å². The SMILES string of the molecule is CCNC(Cc1cccc(C)c1)CC1CCCCCC1. The number of rotatable bonds is 6. The van der Waals surface area contributed by atoms with Gasteiger partial charge in [-0.25, -0.2) is 0 Å². The summed E-state index contributed by atoms with van der Waals surface area (Å²) >= 11 is 0. The van der Waals surface area contributed by atoms with E-state index in [1.54, 1.807) is 0 Å².